The summed E-state index contributed by atoms with van der Waals surface area (Å²) in [6, 6.07) is 4.39. The number of rotatable bonds is 3. The number of anilines is 1. The number of nitrogens with two attached hydrogens (primary N) is 1. The van der Waals surface area contributed by atoms with Gasteiger partial charge in [-0.3, -0.25) is 0 Å². The van der Waals surface area contributed by atoms with Crippen molar-refractivity contribution < 1.29 is 4.74 Å². The number of ether oxygens (including phenoxy) is 1. The molecule has 1 unspecified atom stereocenters. The Morgan fingerprint density at radius 1 is 1.39 bits per heavy atom. The van der Waals surface area contributed by atoms with Gasteiger partial charge in [-0.15, -0.1) is 0 Å². The van der Waals surface area contributed by atoms with Crippen molar-refractivity contribution in [2.75, 3.05) is 18.0 Å². The number of pyridine rings is 1. The van der Waals surface area contributed by atoms with E-state index < -0.39 is 0 Å². The van der Waals surface area contributed by atoms with E-state index in [1.165, 1.54) is 5.56 Å². The van der Waals surface area contributed by atoms with Gasteiger partial charge in [-0.05, 0) is 38.8 Å². The summed E-state index contributed by atoms with van der Waals surface area (Å²) < 4.78 is 5.73. The van der Waals surface area contributed by atoms with Crippen LogP contribution in [0.25, 0.3) is 0 Å². The van der Waals surface area contributed by atoms with Gasteiger partial charge in [-0.2, -0.15) is 0 Å². The molecule has 18 heavy (non-hydrogen) atoms. The average molecular weight is 249 g/mol. The molecule has 0 aliphatic carbocycles. The molecular weight excluding hydrogens is 226 g/mol. The number of hydrogen-bond donors (Lipinski definition) is 1. The van der Waals surface area contributed by atoms with Crippen molar-refractivity contribution in [2.45, 2.75) is 45.4 Å². The van der Waals surface area contributed by atoms with Crippen LogP contribution >= 0.6 is 0 Å². The number of nitrogens with zero attached hydrogens (tertiary/aromatic N) is 2. The Morgan fingerprint density at radius 3 is 2.56 bits per heavy atom. The zero-order valence-electron chi connectivity index (χ0n) is 11.5. The molecule has 1 saturated heterocycles. The van der Waals surface area contributed by atoms with Crippen molar-refractivity contribution in [2.24, 2.45) is 5.73 Å². The molecule has 1 aliphatic rings. The lowest BCUT2D eigenvalue weighted by Crippen LogP contribution is -2.45. The molecule has 1 fully saturated rings. The maximum absolute atomic E-state index is 5.79. The van der Waals surface area contributed by atoms with Gasteiger partial charge in [-0.1, -0.05) is 6.07 Å². The highest BCUT2D eigenvalue weighted by Crippen LogP contribution is 2.18. The van der Waals surface area contributed by atoms with E-state index in [1.54, 1.807) is 0 Å². The van der Waals surface area contributed by atoms with Crippen molar-refractivity contribution in [3.8, 4) is 0 Å². The van der Waals surface area contributed by atoms with Crippen molar-refractivity contribution in [3.05, 3.63) is 23.9 Å². The van der Waals surface area contributed by atoms with Gasteiger partial charge in [0.05, 0.1) is 12.2 Å². The molecule has 4 nitrogen and oxygen atoms in total. The first-order chi connectivity index (χ1) is 8.54. The zero-order chi connectivity index (χ0) is 13.1. The Hall–Kier alpha value is -1.13. The molecule has 0 saturated carbocycles. The van der Waals surface area contributed by atoms with E-state index in [0.717, 1.165) is 25.3 Å². The summed E-state index contributed by atoms with van der Waals surface area (Å²) in [7, 11) is 0. The fraction of sp³-hybridized carbons (Fsp3) is 0.643. The first-order valence-corrected chi connectivity index (χ1v) is 6.65. The van der Waals surface area contributed by atoms with Gasteiger partial charge in [0.25, 0.3) is 0 Å². The van der Waals surface area contributed by atoms with Crippen LogP contribution in [0.5, 0.6) is 0 Å². The predicted molar refractivity (Wildman–Crippen MR) is 73.8 cm³/mol. The molecule has 0 aromatic carbocycles. The van der Waals surface area contributed by atoms with Crippen LogP contribution in [0.1, 0.15) is 26.3 Å². The third-order valence-corrected chi connectivity index (χ3v) is 3.11. The van der Waals surface area contributed by atoms with E-state index in [2.05, 4.69) is 35.9 Å². The molecule has 0 radical (unpaired) electrons. The van der Waals surface area contributed by atoms with E-state index in [9.17, 15) is 0 Å². The van der Waals surface area contributed by atoms with Gasteiger partial charge < -0.3 is 15.4 Å². The fourth-order valence-electron chi connectivity index (χ4n) is 2.46. The average Bonchev–Trinajstić information content (AvgIpc) is 2.27. The molecule has 0 spiro atoms. The minimum absolute atomic E-state index is 0.182. The highest BCUT2D eigenvalue weighted by molar-refractivity contribution is 5.40. The predicted octanol–water partition coefficient (Wildman–Crippen LogP) is 1.58. The molecular formula is C14H23N3O. The van der Waals surface area contributed by atoms with E-state index in [0.29, 0.717) is 0 Å². The second kappa shape index (κ2) is 5.67. The van der Waals surface area contributed by atoms with Gasteiger partial charge in [0, 0.05) is 25.3 Å². The van der Waals surface area contributed by atoms with E-state index in [1.807, 2.05) is 13.1 Å². The van der Waals surface area contributed by atoms with Crippen LogP contribution in [-0.2, 0) is 11.2 Å². The third-order valence-electron chi connectivity index (χ3n) is 3.11. The number of aromatic nitrogens is 1. The maximum atomic E-state index is 5.79. The molecule has 0 amide bonds. The smallest absolute Gasteiger partial charge is 0.128 e. The van der Waals surface area contributed by atoms with Gasteiger partial charge in [0.2, 0.25) is 0 Å². The van der Waals surface area contributed by atoms with Crippen molar-refractivity contribution >= 4 is 5.82 Å². The number of morpholine rings is 1. The fourth-order valence-corrected chi connectivity index (χ4v) is 2.46. The van der Waals surface area contributed by atoms with Crippen LogP contribution in [0.3, 0.4) is 0 Å². The van der Waals surface area contributed by atoms with Crippen LogP contribution in [-0.4, -0.2) is 36.3 Å². The summed E-state index contributed by atoms with van der Waals surface area (Å²) >= 11 is 0. The molecule has 4 heteroatoms. The van der Waals surface area contributed by atoms with Crippen molar-refractivity contribution in [1.29, 1.82) is 0 Å². The molecule has 1 aliphatic heterocycles. The SMILES string of the molecule is CC(N)Cc1ccc(N2C[C@@H](C)O[C@@H](C)C2)nc1. The van der Waals surface area contributed by atoms with Gasteiger partial charge in [0.15, 0.2) is 0 Å². The first-order valence-electron chi connectivity index (χ1n) is 6.65. The summed E-state index contributed by atoms with van der Waals surface area (Å²) in [4.78, 5) is 6.83. The molecule has 100 valence electrons. The minimum atomic E-state index is 0.182. The molecule has 0 bridgehead atoms. The Bertz CT molecular complexity index is 367. The Kier molecular flexibility index (Phi) is 4.19. The highest BCUT2D eigenvalue weighted by Gasteiger charge is 2.22. The largest absolute Gasteiger partial charge is 0.372 e. The second-order valence-corrected chi connectivity index (χ2v) is 5.37. The van der Waals surface area contributed by atoms with Crippen molar-refractivity contribution in [3.63, 3.8) is 0 Å². The molecule has 2 heterocycles. The molecule has 2 N–H and O–H groups in total. The molecule has 3 atom stereocenters. The lowest BCUT2D eigenvalue weighted by molar-refractivity contribution is -0.00545. The van der Waals surface area contributed by atoms with Crippen LogP contribution < -0.4 is 10.6 Å². The summed E-state index contributed by atoms with van der Waals surface area (Å²) in [5.74, 6) is 1.03. The van der Waals surface area contributed by atoms with E-state index in [-0.39, 0.29) is 18.2 Å². The molecule has 1 aromatic heterocycles. The normalized spacial score (nSPS) is 26.1. The number of hydrogen-bond acceptors (Lipinski definition) is 4. The summed E-state index contributed by atoms with van der Waals surface area (Å²) in [6.45, 7) is 8.04. The Balaban J connectivity index is 2.04. The topological polar surface area (TPSA) is 51.4 Å². The molecule has 2 rings (SSSR count). The van der Waals surface area contributed by atoms with Crippen LogP contribution in [0.4, 0.5) is 5.82 Å². The summed E-state index contributed by atoms with van der Waals surface area (Å²) in [5.41, 5.74) is 6.98. The first kappa shape index (κ1) is 13.3. The van der Waals surface area contributed by atoms with E-state index >= 15 is 0 Å². The van der Waals surface area contributed by atoms with Crippen molar-refractivity contribution in [1.82, 2.24) is 4.98 Å². The monoisotopic (exact) mass is 249 g/mol. The maximum Gasteiger partial charge on any atom is 0.128 e. The Labute approximate surface area is 109 Å². The van der Waals surface area contributed by atoms with Gasteiger partial charge >= 0.3 is 0 Å². The van der Waals surface area contributed by atoms with Crippen LogP contribution in [0, 0.1) is 0 Å². The second-order valence-electron chi connectivity index (χ2n) is 5.37. The lowest BCUT2D eigenvalue weighted by Gasteiger charge is -2.36. The van der Waals surface area contributed by atoms with Gasteiger partial charge in [0.1, 0.15) is 5.82 Å². The van der Waals surface area contributed by atoms with Gasteiger partial charge in [-0.25, -0.2) is 4.98 Å². The third kappa shape index (κ3) is 3.43. The Morgan fingerprint density at radius 2 is 2.06 bits per heavy atom. The molecule has 1 aromatic rings. The highest BCUT2D eigenvalue weighted by atomic mass is 16.5. The standard InChI is InChI=1S/C14H23N3O/c1-10(15)6-13-4-5-14(16-7-13)17-8-11(2)18-12(3)9-17/h4-5,7,10-12H,6,8-9,15H2,1-3H3/t10?,11-,12+. The summed E-state index contributed by atoms with van der Waals surface area (Å²) in [6.07, 6.45) is 3.34. The lowest BCUT2D eigenvalue weighted by atomic mass is 10.1. The zero-order valence-corrected chi connectivity index (χ0v) is 11.5. The summed E-state index contributed by atoms with van der Waals surface area (Å²) in [5, 5.41) is 0. The van der Waals surface area contributed by atoms with Crippen LogP contribution in [0.2, 0.25) is 0 Å². The van der Waals surface area contributed by atoms with E-state index in [4.69, 9.17) is 10.5 Å². The minimum Gasteiger partial charge on any atom is -0.372 e. The van der Waals surface area contributed by atoms with Crippen LogP contribution in [0.15, 0.2) is 18.3 Å². The quantitative estimate of drug-likeness (QED) is 0.883.